The standard InChI is InChI=1S/C29H31N7O/c1-21-4-3-5-22(16-21)27-20-37-15-14-35(27)29-9-8-28-31-19-26(36(28)32-29)23-6-7-25(24(17-23)18-30)34-12-10-33(2)11-13-34/h3-9,16-17,19,27H,10-15,20H2,1-2H3. The minimum atomic E-state index is 0.0960. The molecule has 1 atom stereocenters. The summed E-state index contributed by atoms with van der Waals surface area (Å²) in [6.45, 7) is 8.01. The Morgan fingerprint density at radius 1 is 1.00 bits per heavy atom. The lowest BCUT2D eigenvalue weighted by Gasteiger charge is -2.36. The molecule has 37 heavy (non-hydrogen) atoms. The molecule has 0 amide bonds. The fraction of sp³-hybridized carbons (Fsp3) is 0.345. The molecule has 2 aromatic carbocycles. The van der Waals surface area contributed by atoms with Crippen LogP contribution in [0.3, 0.4) is 0 Å². The minimum Gasteiger partial charge on any atom is -0.377 e. The largest absolute Gasteiger partial charge is 0.377 e. The van der Waals surface area contributed by atoms with Gasteiger partial charge in [0, 0.05) is 38.3 Å². The monoisotopic (exact) mass is 493 g/mol. The second-order valence-electron chi connectivity index (χ2n) is 9.94. The normalized spacial score (nSPS) is 18.8. The van der Waals surface area contributed by atoms with Crippen molar-refractivity contribution in [1.82, 2.24) is 19.5 Å². The number of rotatable bonds is 4. The molecule has 2 aromatic heterocycles. The molecule has 6 rings (SSSR count). The Hall–Kier alpha value is -3.93. The Labute approximate surface area is 217 Å². The van der Waals surface area contributed by atoms with E-state index in [1.165, 1.54) is 11.1 Å². The van der Waals surface area contributed by atoms with Crippen LogP contribution in [0.1, 0.15) is 22.7 Å². The van der Waals surface area contributed by atoms with Crippen molar-refractivity contribution in [3.63, 3.8) is 0 Å². The summed E-state index contributed by atoms with van der Waals surface area (Å²) in [4.78, 5) is 11.5. The highest BCUT2D eigenvalue weighted by molar-refractivity contribution is 5.71. The van der Waals surface area contributed by atoms with Crippen LogP contribution >= 0.6 is 0 Å². The summed E-state index contributed by atoms with van der Waals surface area (Å²) < 4.78 is 7.75. The SMILES string of the molecule is Cc1cccc(C2COCCN2c2ccc3ncc(-c4ccc(N5CCN(C)CC5)c(C#N)c4)n3n2)c1. The van der Waals surface area contributed by atoms with E-state index < -0.39 is 0 Å². The number of nitrogens with zero attached hydrogens (tertiary/aromatic N) is 7. The first kappa shape index (κ1) is 23.5. The minimum absolute atomic E-state index is 0.0960. The van der Waals surface area contributed by atoms with Gasteiger partial charge in [0.2, 0.25) is 0 Å². The van der Waals surface area contributed by atoms with Crippen LogP contribution in [-0.4, -0.2) is 72.5 Å². The fourth-order valence-electron chi connectivity index (χ4n) is 5.35. The molecule has 2 aliphatic rings. The summed E-state index contributed by atoms with van der Waals surface area (Å²) in [6.07, 6.45) is 1.84. The summed E-state index contributed by atoms with van der Waals surface area (Å²) in [6, 6.07) is 21.3. The molecule has 4 aromatic rings. The molecule has 4 heterocycles. The number of benzene rings is 2. The summed E-state index contributed by atoms with van der Waals surface area (Å²) in [5.41, 5.74) is 6.72. The zero-order valence-corrected chi connectivity index (χ0v) is 21.3. The van der Waals surface area contributed by atoms with Crippen LogP contribution in [0, 0.1) is 18.3 Å². The quantitative estimate of drug-likeness (QED) is 0.427. The zero-order chi connectivity index (χ0) is 25.4. The van der Waals surface area contributed by atoms with Crippen LogP contribution in [0.2, 0.25) is 0 Å². The molecule has 0 bridgehead atoms. The number of aryl methyl sites for hydroxylation is 1. The van der Waals surface area contributed by atoms with Crippen molar-refractivity contribution in [3.05, 3.63) is 77.5 Å². The number of piperazine rings is 1. The maximum atomic E-state index is 9.96. The van der Waals surface area contributed by atoms with E-state index in [0.29, 0.717) is 18.8 Å². The van der Waals surface area contributed by atoms with E-state index in [9.17, 15) is 5.26 Å². The first-order chi connectivity index (χ1) is 18.1. The van der Waals surface area contributed by atoms with Gasteiger partial charge in [-0.1, -0.05) is 35.9 Å². The lowest BCUT2D eigenvalue weighted by Crippen LogP contribution is -2.44. The lowest BCUT2D eigenvalue weighted by atomic mass is 10.0. The molecule has 8 nitrogen and oxygen atoms in total. The number of imidazole rings is 1. The predicted octanol–water partition coefficient (Wildman–Crippen LogP) is 3.91. The number of aromatic nitrogens is 3. The van der Waals surface area contributed by atoms with Gasteiger partial charge in [0.25, 0.3) is 0 Å². The summed E-state index contributed by atoms with van der Waals surface area (Å²) in [7, 11) is 2.14. The topological polar surface area (TPSA) is 72.9 Å². The van der Waals surface area contributed by atoms with Crippen LogP contribution in [0.4, 0.5) is 11.5 Å². The number of hydrogen-bond donors (Lipinski definition) is 0. The Morgan fingerprint density at radius 3 is 2.68 bits per heavy atom. The Balaban J connectivity index is 1.35. The molecule has 1 unspecified atom stereocenters. The van der Waals surface area contributed by atoms with E-state index in [2.05, 4.69) is 76.1 Å². The first-order valence-corrected chi connectivity index (χ1v) is 12.8. The summed E-state index contributed by atoms with van der Waals surface area (Å²) in [5, 5.41) is 15.0. The lowest BCUT2D eigenvalue weighted by molar-refractivity contribution is 0.0936. The van der Waals surface area contributed by atoms with E-state index in [4.69, 9.17) is 9.84 Å². The van der Waals surface area contributed by atoms with E-state index in [-0.39, 0.29) is 6.04 Å². The van der Waals surface area contributed by atoms with Crippen LogP contribution in [-0.2, 0) is 4.74 Å². The Kier molecular flexibility index (Phi) is 6.25. The van der Waals surface area contributed by atoms with Crippen molar-refractivity contribution in [1.29, 1.82) is 5.26 Å². The third-order valence-electron chi connectivity index (χ3n) is 7.45. The number of nitriles is 1. The third-order valence-corrected chi connectivity index (χ3v) is 7.45. The van der Waals surface area contributed by atoms with Gasteiger partial charge in [0.1, 0.15) is 11.9 Å². The molecule has 2 fully saturated rings. The van der Waals surface area contributed by atoms with Gasteiger partial charge in [-0.15, -0.1) is 5.10 Å². The van der Waals surface area contributed by atoms with Crippen molar-refractivity contribution in [2.75, 3.05) is 62.8 Å². The highest BCUT2D eigenvalue weighted by Gasteiger charge is 2.27. The maximum absolute atomic E-state index is 9.96. The second kappa shape index (κ2) is 9.85. The molecule has 8 heteroatoms. The van der Waals surface area contributed by atoms with Crippen molar-refractivity contribution in [2.45, 2.75) is 13.0 Å². The van der Waals surface area contributed by atoms with Crippen LogP contribution < -0.4 is 9.80 Å². The van der Waals surface area contributed by atoms with E-state index in [1.807, 2.05) is 28.9 Å². The van der Waals surface area contributed by atoms with Gasteiger partial charge in [-0.25, -0.2) is 9.50 Å². The van der Waals surface area contributed by atoms with Crippen LogP contribution in [0.5, 0.6) is 0 Å². The Bertz CT molecular complexity index is 1460. The first-order valence-electron chi connectivity index (χ1n) is 12.8. The highest BCUT2D eigenvalue weighted by atomic mass is 16.5. The van der Waals surface area contributed by atoms with E-state index in [0.717, 1.165) is 61.1 Å². The number of hydrogen-bond acceptors (Lipinski definition) is 7. The van der Waals surface area contributed by atoms with Gasteiger partial charge in [0.05, 0.1) is 42.4 Å². The van der Waals surface area contributed by atoms with Gasteiger partial charge in [-0.3, -0.25) is 0 Å². The number of ether oxygens (including phenoxy) is 1. The average Bonchev–Trinajstić information content (AvgIpc) is 3.36. The molecule has 188 valence electrons. The van der Waals surface area contributed by atoms with Gasteiger partial charge in [0.15, 0.2) is 5.65 Å². The number of morpholine rings is 1. The molecule has 0 spiro atoms. The summed E-state index contributed by atoms with van der Waals surface area (Å²) >= 11 is 0. The van der Waals surface area contributed by atoms with Crippen molar-refractivity contribution < 1.29 is 4.74 Å². The van der Waals surface area contributed by atoms with Gasteiger partial charge in [-0.05, 0) is 43.8 Å². The Morgan fingerprint density at radius 2 is 1.86 bits per heavy atom. The van der Waals surface area contributed by atoms with Crippen molar-refractivity contribution in [2.24, 2.45) is 0 Å². The molecule has 2 saturated heterocycles. The third kappa shape index (κ3) is 4.52. The average molecular weight is 494 g/mol. The zero-order valence-electron chi connectivity index (χ0n) is 21.3. The smallest absolute Gasteiger partial charge is 0.154 e. The van der Waals surface area contributed by atoms with Gasteiger partial charge >= 0.3 is 0 Å². The van der Waals surface area contributed by atoms with Gasteiger partial charge in [-0.2, -0.15) is 5.26 Å². The second-order valence-corrected chi connectivity index (χ2v) is 9.94. The van der Waals surface area contributed by atoms with Gasteiger partial charge < -0.3 is 19.4 Å². The number of likely N-dealkylation sites (N-methyl/N-ethyl adjacent to an activating group) is 1. The molecule has 0 N–H and O–H groups in total. The van der Waals surface area contributed by atoms with E-state index in [1.54, 1.807) is 0 Å². The molecule has 0 saturated carbocycles. The molecule has 0 radical (unpaired) electrons. The molecule has 0 aliphatic carbocycles. The highest BCUT2D eigenvalue weighted by Crippen LogP contribution is 2.31. The number of fused-ring (bicyclic) bond motifs is 1. The van der Waals surface area contributed by atoms with E-state index >= 15 is 0 Å². The van der Waals surface area contributed by atoms with Crippen molar-refractivity contribution in [3.8, 4) is 17.3 Å². The summed E-state index contributed by atoms with van der Waals surface area (Å²) in [5.74, 6) is 0.885. The molecule has 2 aliphatic heterocycles. The van der Waals surface area contributed by atoms with Crippen LogP contribution in [0.25, 0.3) is 16.9 Å². The van der Waals surface area contributed by atoms with Crippen LogP contribution in [0.15, 0.2) is 60.8 Å². The fourth-order valence-corrected chi connectivity index (χ4v) is 5.35. The maximum Gasteiger partial charge on any atom is 0.154 e. The number of anilines is 2. The molecular formula is C29H31N7O. The van der Waals surface area contributed by atoms with Crippen molar-refractivity contribution >= 4 is 17.2 Å². The predicted molar refractivity (Wildman–Crippen MR) is 145 cm³/mol. The molecular weight excluding hydrogens is 462 g/mol.